The van der Waals surface area contributed by atoms with Gasteiger partial charge in [-0.1, -0.05) is 18.2 Å². The van der Waals surface area contributed by atoms with Crippen molar-refractivity contribution in [2.45, 2.75) is 62.8 Å². The zero-order valence-corrected chi connectivity index (χ0v) is 19.7. The summed E-state index contributed by atoms with van der Waals surface area (Å²) < 4.78 is 34.5. The van der Waals surface area contributed by atoms with Crippen LogP contribution < -0.4 is 9.46 Å². The van der Waals surface area contributed by atoms with Gasteiger partial charge in [0.1, 0.15) is 5.75 Å². The highest BCUT2D eigenvalue weighted by Gasteiger charge is 2.26. The molecule has 2 aromatic carbocycles. The highest BCUT2D eigenvalue weighted by molar-refractivity contribution is 7.89. The number of sulfonamides is 1. The monoisotopic (exact) mass is 456 g/mol. The molecule has 172 valence electrons. The standard InChI is InChI=1S/C25H32N2O4S/c1-18(20-11-10-19-8-4-5-9-21(19)16-20)26-32(29,30)22-12-13-24(31-2)23(17-22)25(28)27-14-6-3-7-15-27/h10-13,16-18,26H,3-9,14-15H2,1-2H3/t18-/m0/s1. The van der Waals surface area contributed by atoms with E-state index < -0.39 is 10.0 Å². The van der Waals surface area contributed by atoms with Crippen molar-refractivity contribution in [3.8, 4) is 5.75 Å². The Labute approximate surface area is 191 Å². The summed E-state index contributed by atoms with van der Waals surface area (Å²) in [6.07, 6.45) is 7.57. The highest BCUT2D eigenvalue weighted by atomic mass is 32.2. The SMILES string of the molecule is COc1ccc(S(=O)(=O)N[C@@H](C)c2ccc3c(c2)CCCC3)cc1C(=O)N1CCCCC1. The Balaban J connectivity index is 1.57. The summed E-state index contributed by atoms with van der Waals surface area (Å²) >= 11 is 0. The van der Waals surface area contributed by atoms with Gasteiger partial charge in [0.25, 0.3) is 5.91 Å². The lowest BCUT2D eigenvalue weighted by Gasteiger charge is -2.27. The lowest BCUT2D eigenvalue weighted by molar-refractivity contribution is 0.0720. The van der Waals surface area contributed by atoms with Crippen LogP contribution in [0, 0.1) is 0 Å². The van der Waals surface area contributed by atoms with Crippen LogP contribution in [0.5, 0.6) is 5.75 Å². The van der Waals surface area contributed by atoms with Gasteiger partial charge in [-0.3, -0.25) is 4.79 Å². The number of rotatable bonds is 6. The van der Waals surface area contributed by atoms with Crippen molar-refractivity contribution in [2.75, 3.05) is 20.2 Å². The van der Waals surface area contributed by atoms with Gasteiger partial charge in [0, 0.05) is 19.1 Å². The van der Waals surface area contributed by atoms with Gasteiger partial charge in [0.15, 0.2) is 0 Å². The van der Waals surface area contributed by atoms with Gasteiger partial charge in [-0.25, -0.2) is 13.1 Å². The summed E-state index contributed by atoms with van der Waals surface area (Å²) in [6, 6.07) is 10.4. The largest absolute Gasteiger partial charge is 0.496 e. The molecule has 1 heterocycles. The normalized spacial score (nSPS) is 17.5. The van der Waals surface area contributed by atoms with E-state index in [2.05, 4.69) is 16.9 Å². The van der Waals surface area contributed by atoms with E-state index in [1.807, 2.05) is 13.0 Å². The maximum absolute atomic E-state index is 13.2. The van der Waals surface area contributed by atoms with Crippen molar-refractivity contribution in [1.82, 2.24) is 9.62 Å². The molecule has 1 amide bonds. The molecule has 2 aromatic rings. The lowest BCUT2D eigenvalue weighted by Crippen LogP contribution is -2.36. The van der Waals surface area contributed by atoms with Gasteiger partial charge >= 0.3 is 0 Å². The first-order valence-corrected chi connectivity index (χ1v) is 13.0. The molecule has 1 aliphatic heterocycles. The molecule has 0 bridgehead atoms. The van der Waals surface area contributed by atoms with E-state index in [4.69, 9.17) is 4.74 Å². The molecule has 1 N–H and O–H groups in total. The minimum absolute atomic E-state index is 0.0727. The summed E-state index contributed by atoms with van der Waals surface area (Å²) in [4.78, 5) is 14.9. The number of ether oxygens (including phenoxy) is 1. The van der Waals surface area contributed by atoms with Crippen molar-refractivity contribution in [3.05, 3.63) is 58.7 Å². The van der Waals surface area contributed by atoms with Crippen LogP contribution in [0.4, 0.5) is 0 Å². The molecule has 1 saturated heterocycles. The van der Waals surface area contributed by atoms with Crippen LogP contribution in [0.1, 0.15) is 72.1 Å². The number of hydrogen-bond acceptors (Lipinski definition) is 4. The van der Waals surface area contributed by atoms with Crippen LogP contribution >= 0.6 is 0 Å². The number of methoxy groups -OCH3 is 1. The number of carbonyl (C=O) groups is 1. The molecule has 0 radical (unpaired) electrons. The van der Waals surface area contributed by atoms with E-state index in [-0.39, 0.29) is 16.8 Å². The van der Waals surface area contributed by atoms with E-state index in [0.717, 1.165) is 37.7 Å². The first kappa shape index (κ1) is 22.8. The number of likely N-dealkylation sites (tertiary alicyclic amines) is 1. The first-order chi connectivity index (χ1) is 15.4. The highest BCUT2D eigenvalue weighted by Crippen LogP contribution is 2.28. The Morgan fingerprint density at radius 2 is 1.69 bits per heavy atom. The lowest BCUT2D eigenvalue weighted by atomic mass is 9.89. The van der Waals surface area contributed by atoms with Gasteiger partial charge in [0.2, 0.25) is 10.0 Å². The summed E-state index contributed by atoms with van der Waals surface area (Å²) in [7, 11) is -2.32. The van der Waals surface area contributed by atoms with E-state index in [1.54, 1.807) is 11.0 Å². The molecule has 0 spiro atoms. The second-order valence-electron chi connectivity index (χ2n) is 8.79. The van der Waals surface area contributed by atoms with Gasteiger partial charge in [-0.2, -0.15) is 0 Å². The number of nitrogens with zero attached hydrogens (tertiary/aromatic N) is 1. The minimum Gasteiger partial charge on any atom is -0.496 e. The van der Waals surface area contributed by atoms with E-state index in [0.29, 0.717) is 24.4 Å². The summed E-state index contributed by atoms with van der Waals surface area (Å²) in [5, 5.41) is 0. The molecule has 4 rings (SSSR count). The molecule has 1 aliphatic carbocycles. The number of nitrogens with one attached hydrogen (secondary N) is 1. The number of aryl methyl sites for hydroxylation is 2. The second-order valence-corrected chi connectivity index (χ2v) is 10.5. The molecule has 6 nitrogen and oxygen atoms in total. The number of amides is 1. The second kappa shape index (κ2) is 9.63. The van der Waals surface area contributed by atoms with E-state index >= 15 is 0 Å². The minimum atomic E-state index is -3.82. The quantitative estimate of drug-likeness (QED) is 0.705. The Hall–Kier alpha value is -2.38. The van der Waals surface area contributed by atoms with Crippen molar-refractivity contribution in [3.63, 3.8) is 0 Å². The number of fused-ring (bicyclic) bond motifs is 1. The number of benzene rings is 2. The van der Waals surface area contributed by atoms with E-state index in [9.17, 15) is 13.2 Å². The van der Waals surface area contributed by atoms with Crippen LogP contribution in [0.3, 0.4) is 0 Å². The summed E-state index contributed by atoms with van der Waals surface area (Å²) in [6.45, 7) is 3.23. The van der Waals surface area contributed by atoms with Gasteiger partial charge in [-0.05, 0) is 86.8 Å². The number of piperidine rings is 1. The maximum atomic E-state index is 13.2. The van der Waals surface area contributed by atoms with Gasteiger partial charge < -0.3 is 9.64 Å². The predicted octanol–water partition coefficient (Wildman–Crippen LogP) is 4.24. The fraction of sp³-hybridized carbons (Fsp3) is 0.480. The zero-order chi connectivity index (χ0) is 22.7. The fourth-order valence-electron chi connectivity index (χ4n) is 4.68. The molecule has 0 saturated carbocycles. The first-order valence-electron chi connectivity index (χ1n) is 11.5. The molecule has 2 aliphatic rings. The number of hydrogen-bond donors (Lipinski definition) is 1. The molecule has 1 fully saturated rings. The third-order valence-corrected chi connectivity index (χ3v) is 8.10. The Morgan fingerprint density at radius 3 is 2.41 bits per heavy atom. The van der Waals surface area contributed by atoms with Crippen LogP contribution in [-0.4, -0.2) is 39.4 Å². The van der Waals surface area contributed by atoms with Crippen molar-refractivity contribution in [2.24, 2.45) is 0 Å². The fourth-order valence-corrected chi connectivity index (χ4v) is 5.94. The van der Waals surface area contributed by atoms with Crippen molar-refractivity contribution < 1.29 is 17.9 Å². The molecular formula is C25H32N2O4S. The Bertz CT molecular complexity index is 1090. The van der Waals surface area contributed by atoms with Crippen molar-refractivity contribution >= 4 is 15.9 Å². The Morgan fingerprint density at radius 1 is 0.969 bits per heavy atom. The average Bonchev–Trinajstić information content (AvgIpc) is 2.83. The van der Waals surface area contributed by atoms with Crippen LogP contribution in [0.25, 0.3) is 0 Å². The molecule has 32 heavy (non-hydrogen) atoms. The third-order valence-electron chi connectivity index (χ3n) is 6.56. The maximum Gasteiger partial charge on any atom is 0.257 e. The summed E-state index contributed by atoms with van der Waals surface area (Å²) in [5.74, 6) is 0.212. The smallest absolute Gasteiger partial charge is 0.257 e. The molecule has 1 atom stereocenters. The number of carbonyl (C=O) groups excluding carboxylic acids is 1. The van der Waals surface area contributed by atoms with Gasteiger partial charge in [-0.15, -0.1) is 0 Å². The van der Waals surface area contributed by atoms with Gasteiger partial charge in [0.05, 0.1) is 17.6 Å². The van der Waals surface area contributed by atoms with Crippen molar-refractivity contribution in [1.29, 1.82) is 0 Å². The third kappa shape index (κ3) is 4.84. The van der Waals surface area contributed by atoms with Crippen LogP contribution in [-0.2, 0) is 22.9 Å². The molecular weight excluding hydrogens is 424 g/mol. The molecule has 0 unspecified atom stereocenters. The molecule has 0 aromatic heterocycles. The summed E-state index contributed by atoms with van der Waals surface area (Å²) in [5.41, 5.74) is 3.93. The topological polar surface area (TPSA) is 75.7 Å². The Kier molecular flexibility index (Phi) is 6.86. The van der Waals surface area contributed by atoms with Crippen LogP contribution in [0.15, 0.2) is 41.3 Å². The zero-order valence-electron chi connectivity index (χ0n) is 18.9. The average molecular weight is 457 g/mol. The van der Waals surface area contributed by atoms with Crippen LogP contribution in [0.2, 0.25) is 0 Å². The molecule has 7 heteroatoms. The van der Waals surface area contributed by atoms with E-state index in [1.165, 1.54) is 43.2 Å². The predicted molar refractivity (Wildman–Crippen MR) is 125 cm³/mol.